The minimum Gasteiger partial charge on any atom is -0.394 e. The molecule has 0 aromatic heterocycles. The lowest BCUT2D eigenvalue weighted by molar-refractivity contribution is -0.388. The molecular weight excluding hydrogens is 684 g/mol. The van der Waals surface area contributed by atoms with E-state index in [1.54, 1.807) is 0 Å². The molecule has 0 radical (unpaired) electrons. The van der Waals surface area contributed by atoms with Crippen molar-refractivity contribution in [3.8, 4) is 0 Å². The third-order valence-electron chi connectivity index (χ3n) is 15.1. The van der Waals surface area contributed by atoms with Gasteiger partial charge in [-0.05, 0) is 97.2 Å². The zero-order chi connectivity index (χ0) is 38.6. The van der Waals surface area contributed by atoms with Crippen LogP contribution in [0.5, 0.6) is 0 Å². The first-order valence-corrected chi connectivity index (χ1v) is 20.4. The van der Waals surface area contributed by atoms with Crippen LogP contribution in [0, 0.1) is 52.3 Å². The van der Waals surface area contributed by atoms with Crippen molar-refractivity contribution in [3.63, 3.8) is 0 Å². The Bertz CT molecular complexity index is 1310. The molecule has 2 aliphatic heterocycles. The Morgan fingerprint density at radius 1 is 0.811 bits per heavy atom. The van der Waals surface area contributed by atoms with E-state index in [0.29, 0.717) is 59.7 Å². The Hall–Kier alpha value is -1.00. The molecule has 2 saturated heterocycles. The predicted molar refractivity (Wildman–Crippen MR) is 195 cm³/mol. The third-order valence-corrected chi connectivity index (χ3v) is 15.1. The third kappa shape index (κ3) is 7.59. The van der Waals surface area contributed by atoms with Crippen LogP contribution in [0.15, 0.2) is 23.8 Å². The summed E-state index contributed by atoms with van der Waals surface area (Å²) >= 11 is 0. The summed E-state index contributed by atoms with van der Waals surface area (Å²) in [7, 11) is 0. The number of aliphatic hydroxyl groups excluding tert-OH is 7. The molecule has 2 heterocycles. The van der Waals surface area contributed by atoms with Crippen LogP contribution in [-0.2, 0) is 18.9 Å². The SMILES string of the molecule is CC[C@H](/C=C/[C@@H](C)[C@H]1CC[C@H]2[C@@H]3CC=C4C[C@](O)(O[C@@H]5O[C@H](CO)[C@@H](O[C@@H]6O[C@H](CO)[C@@H](O)[C@H](O)[C@H]6O)[C@H](O)[C@H]5O)CC[C@]4(C)[C@H]3CC[C@]12C)C(C)C. The number of hydrogen-bond donors (Lipinski definition) is 8. The van der Waals surface area contributed by atoms with Crippen molar-refractivity contribution >= 4 is 0 Å². The molecule has 304 valence electrons. The van der Waals surface area contributed by atoms with E-state index in [9.17, 15) is 40.9 Å². The second-order valence-electron chi connectivity index (χ2n) is 18.3. The molecule has 0 unspecified atom stereocenters. The van der Waals surface area contributed by atoms with Gasteiger partial charge in [0.1, 0.15) is 48.8 Å². The lowest BCUT2D eigenvalue weighted by atomic mass is 9.46. The van der Waals surface area contributed by atoms with Crippen molar-refractivity contribution in [2.75, 3.05) is 13.2 Å². The zero-order valence-corrected chi connectivity index (χ0v) is 32.5. The first-order chi connectivity index (χ1) is 25.0. The summed E-state index contributed by atoms with van der Waals surface area (Å²) in [5.41, 5.74) is 1.39. The quantitative estimate of drug-likeness (QED) is 0.114. The Kier molecular flexibility index (Phi) is 12.6. The van der Waals surface area contributed by atoms with Crippen molar-refractivity contribution in [1.29, 1.82) is 0 Å². The fraction of sp³-hybridized carbons (Fsp3) is 0.902. The summed E-state index contributed by atoms with van der Waals surface area (Å²) in [5.74, 6) is 2.61. The van der Waals surface area contributed by atoms with Gasteiger partial charge in [-0.3, -0.25) is 0 Å². The van der Waals surface area contributed by atoms with Gasteiger partial charge in [-0.1, -0.05) is 65.3 Å². The molecule has 0 aromatic carbocycles. The maximum Gasteiger partial charge on any atom is 0.189 e. The number of allylic oxidation sites excluding steroid dienone is 3. The normalized spacial score (nSPS) is 50.0. The predicted octanol–water partition coefficient (Wildman–Crippen LogP) is 2.77. The number of ether oxygens (including phenoxy) is 4. The molecule has 0 bridgehead atoms. The molecule has 0 aromatic rings. The molecule has 6 rings (SSSR count). The monoisotopic (exact) mass is 752 g/mol. The molecule has 6 aliphatic rings. The summed E-state index contributed by atoms with van der Waals surface area (Å²) in [6.07, 6.45) is 0.0341. The highest BCUT2D eigenvalue weighted by atomic mass is 16.8. The highest BCUT2D eigenvalue weighted by Crippen LogP contribution is 2.67. The Labute approximate surface area is 315 Å². The Balaban J connectivity index is 1.11. The van der Waals surface area contributed by atoms with Gasteiger partial charge in [-0.25, -0.2) is 0 Å². The van der Waals surface area contributed by atoms with Crippen LogP contribution in [0.1, 0.15) is 99.3 Å². The van der Waals surface area contributed by atoms with E-state index in [4.69, 9.17) is 18.9 Å². The Morgan fingerprint density at radius 3 is 2.15 bits per heavy atom. The maximum atomic E-state index is 11.9. The van der Waals surface area contributed by atoms with Crippen molar-refractivity contribution in [3.05, 3.63) is 23.8 Å². The van der Waals surface area contributed by atoms with Gasteiger partial charge in [0.2, 0.25) is 0 Å². The molecule has 4 aliphatic carbocycles. The molecule has 0 spiro atoms. The van der Waals surface area contributed by atoms with E-state index in [1.165, 1.54) is 25.7 Å². The van der Waals surface area contributed by atoms with Crippen LogP contribution >= 0.6 is 0 Å². The molecule has 53 heavy (non-hydrogen) atoms. The fourth-order valence-electron chi connectivity index (χ4n) is 11.8. The topological polar surface area (TPSA) is 199 Å². The lowest BCUT2D eigenvalue weighted by Gasteiger charge is -2.59. The van der Waals surface area contributed by atoms with E-state index < -0.39 is 80.4 Å². The minimum absolute atomic E-state index is 0.0847. The molecule has 0 amide bonds. The van der Waals surface area contributed by atoms with Gasteiger partial charge in [-0.15, -0.1) is 0 Å². The molecule has 12 heteroatoms. The molecular formula is C41H68O12. The van der Waals surface area contributed by atoms with Crippen LogP contribution < -0.4 is 0 Å². The number of hydrogen-bond acceptors (Lipinski definition) is 12. The highest BCUT2D eigenvalue weighted by Gasteiger charge is 2.61. The molecule has 12 nitrogen and oxygen atoms in total. The van der Waals surface area contributed by atoms with E-state index in [1.807, 2.05) is 0 Å². The standard InChI is InChI=1S/C41H68O12/c1-7-23(21(2)3)9-8-22(4)26-12-13-27-25-11-10-24-18-41(49,17-16-39(24,5)28(25)14-15-40(26,27)6)53-38-35(48)33(46)36(30(20-43)51-38)52-37-34(47)32(45)31(44)29(19-42)50-37/h8-10,21-23,25-38,42-49H,7,11-20H2,1-6H3/b9-8+/t22-,23-,25+,26-,27+,28+,29-,30-,31-,32+,33-,34-,35-,36-,37+,38+,39+,40-,41-/m1/s1. The van der Waals surface area contributed by atoms with E-state index in [0.717, 1.165) is 18.4 Å². The molecule has 8 N–H and O–H groups in total. The highest BCUT2D eigenvalue weighted by molar-refractivity contribution is 5.26. The summed E-state index contributed by atoms with van der Waals surface area (Å²) in [5, 5.41) is 84.6. The van der Waals surface area contributed by atoms with E-state index in [-0.39, 0.29) is 11.8 Å². The number of rotatable bonds is 11. The average molecular weight is 753 g/mol. The second kappa shape index (κ2) is 16.1. The number of aliphatic hydroxyl groups is 8. The minimum atomic E-state index is -1.76. The summed E-state index contributed by atoms with van der Waals surface area (Å²) in [6.45, 7) is 12.9. The lowest BCUT2D eigenvalue weighted by Crippen LogP contribution is -2.65. The molecule has 19 atom stereocenters. The summed E-state index contributed by atoms with van der Waals surface area (Å²) < 4.78 is 23.1. The van der Waals surface area contributed by atoms with Crippen molar-refractivity contribution in [2.45, 2.75) is 167 Å². The first-order valence-electron chi connectivity index (χ1n) is 20.4. The first kappa shape index (κ1) is 41.6. The van der Waals surface area contributed by atoms with E-state index in [2.05, 4.69) is 59.8 Å². The summed E-state index contributed by atoms with van der Waals surface area (Å²) in [6, 6.07) is 0. The van der Waals surface area contributed by atoms with Crippen molar-refractivity contribution in [1.82, 2.24) is 0 Å². The van der Waals surface area contributed by atoms with Crippen LogP contribution in [0.2, 0.25) is 0 Å². The van der Waals surface area contributed by atoms with Crippen LogP contribution in [0.25, 0.3) is 0 Å². The van der Waals surface area contributed by atoms with Crippen LogP contribution in [-0.4, -0.2) is 121 Å². The van der Waals surface area contributed by atoms with Gasteiger partial charge in [0.05, 0.1) is 13.2 Å². The maximum absolute atomic E-state index is 11.9. The van der Waals surface area contributed by atoms with Gasteiger partial charge in [0, 0.05) is 12.8 Å². The van der Waals surface area contributed by atoms with Gasteiger partial charge in [-0.2, -0.15) is 0 Å². The Morgan fingerprint density at radius 2 is 1.49 bits per heavy atom. The van der Waals surface area contributed by atoms with Crippen molar-refractivity contribution < 1.29 is 59.8 Å². The summed E-state index contributed by atoms with van der Waals surface area (Å²) in [4.78, 5) is 0. The second-order valence-corrected chi connectivity index (χ2v) is 18.3. The van der Waals surface area contributed by atoms with Crippen molar-refractivity contribution in [2.24, 2.45) is 52.3 Å². The van der Waals surface area contributed by atoms with Gasteiger partial charge in [0.25, 0.3) is 0 Å². The van der Waals surface area contributed by atoms with Gasteiger partial charge in [0.15, 0.2) is 18.4 Å². The fourth-order valence-corrected chi connectivity index (χ4v) is 11.8. The molecule has 3 saturated carbocycles. The number of fused-ring (bicyclic) bond motifs is 5. The zero-order valence-electron chi connectivity index (χ0n) is 32.5. The van der Waals surface area contributed by atoms with Crippen LogP contribution in [0.4, 0.5) is 0 Å². The smallest absolute Gasteiger partial charge is 0.189 e. The van der Waals surface area contributed by atoms with Gasteiger partial charge < -0.3 is 59.8 Å². The van der Waals surface area contributed by atoms with Crippen LogP contribution in [0.3, 0.4) is 0 Å². The van der Waals surface area contributed by atoms with Gasteiger partial charge >= 0.3 is 0 Å². The molecule has 5 fully saturated rings. The van der Waals surface area contributed by atoms with E-state index >= 15 is 0 Å². The largest absolute Gasteiger partial charge is 0.394 e. The average Bonchev–Trinajstić information content (AvgIpc) is 3.49.